The van der Waals surface area contributed by atoms with Crippen molar-refractivity contribution < 1.29 is 85.4 Å². The van der Waals surface area contributed by atoms with Crippen molar-refractivity contribution in [3.8, 4) is 0 Å². The topological polar surface area (TPSA) is 37.3 Å². The van der Waals surface area contributed by atoms with Crippen LogP contribution in [0, 0.1) is 0 Å². The molecule has 1 N–H and O–H groups in total. The molecule has 0 heterocycles. The van der Waals surface area contributed by atoms with Crippen LogP contribution in [-0.2, 0) is 49.6 Å². The molecule has 0 aromatic carbocycles. The molecule has 2 radical (unpaired) electrons. The van der Waals surface area contributed by atoms with Crippen molar-refractivity contribution in [1.82, 2.24) is 0 Å². The van der Waals surface area contributed by atoms with E-state index in [1.807, 2.05) is 0 Å². The van der Waals surface area contributed by atoms with Crippen LogP contribution in [-0.4, -0.2) is 29.1 Å². The molecule has 0 unspecified atom stereocenters. The monoisotopic (exact) mass is 428 g/mol. The Kier molecular flexibility index (Phi) is 7.90. The summed E-state index contributed by atoms with van der Waals surface area (Å²) in [4.78, 5) is 9.38. The quantitative estimate of drug-likeness (QED) is 0.538. The van der Waals surface area contributed by atoms with E-state index >= 15 is 0 Å². The molecule has 0 aromatic rings. The van der Waals surface area contributed by atoms with E-state index in [9.17, 15) is 35.5 Å². The summed E-state index contributed by atoms with van der Waals surface area (Å²) in [5.74, 6) is -16.3. The van der Waals surface area contributed by atoms with Gasteiger partial charge in [-0.15, -0.1) is 0 Å². The van der Waals surface area contributed by atoms with Gasteiger partial charge >= 0.3 is 24.0 Å². The molecule has 0 aromatic heterocycles. The second kappa shape index (κ2) is 5.69. The maximum Gasteiger partial charge on any atom is 0.460 e. The second-order valence-corrected chi connectivity index (χ2v) is 1.95. The number of hydrogen-bond acceptors (Lipinski definition) is 1. The molecule has 15 heavy (non-hydrogen) atoms. The minimum Gasteiger partial charge on any atom is -0.477 e. The molecule has 100 valence electrons. The number of aliphatic carboxylic acids is 1. The summed E-state index contributed by atoms with van der Waals surface area (Å²) in [5.41, 5.74) is 0. The fraction of sp³-hybridized carbons (Fsp3) is 0.750. The normalized spacial score (nSPS) is 12.5. The van der Waals surface area contributed by atoms with Crippen LogP contribution < -0.4 is 0 Å². The van der Waals surface area contributed by atoms with Crippen molar-refractivity contribution >= 4 is 5.97 Å². The zero-order valence-corrected chi connectivity index (χ0v) is 9.07. The first-order chi connectivity index (χ1) is 5.44. The summed E-state index contributed by atoms with van der Waals surface area (Å²) in [5, 5.41) is 7.41. The molecule has 0 fully saturated rings. The predicted octanol–water partition coefficient (Wildman–Crippen LogP) is 1.90. The molecular weight excluding hydrogens is 429 g/mol. The summed E-state index contributed by atoms with van der Waals surface area (Å²) in [7, 11) is 0. The van der Waals surface area contributed by atoms with Crippen molar-refractivity contribution in [3.05, 3.63) is 0 Å². The van der Waals surface area contributed by atoms with Crippen LogP contribution in [0.3, 0.4) is 0 Å². The van der Waals surface area contributed by atoms with Gasteiger partial charge in [-0.05, 0) is 0 Å². The van der Waals surface area contributed by atoms with Gasteiger partial charge in [0, 0.05) is 44.8 Å². The van der Waals surface area contributed by atoms with E-state index in [2.05, 4.69) is 0 Å². The van der Waals surface area contributed by atoms with Gasteiger partial charge in [0.25, 0.3) is 0 Å². The smallest absolute Gasteiger partial charge is 0.460 e. The van der Waals surface area contributed by atoms with Crippen LogP contribution in [0.2, 0.25) is 0 Å². The van der Waals surface area contributed by atoms with Gasteiger partial charge < -0.3 is 5.11 Å². The van der Waals surface area contributed by atoms with Gasteiger partial charge in [0.05, 0.1) is 0 Å². The maximum atomic E-state index is 11.8. The summed E-state index contributed by atoms with van der Waals surface area (Å²) in [6.07, 6.45) is -6.60. The SMILES string of the molecule is O=C(O)C(F)(F)C(F)(F)C(F)(F)F.[Ag].[Ag]. The first kappa shape index (κ1) is 20.8. The van der Waals surface area contributed by atoms with Crippen molar-refractivity contribution in [2.75, 3.05) is 0 Å². The number of carboxylic acid groups (broad SMARTS) is 1. The van der Waals surface area contributed by atoms with Crippen molar-refractivity contribution in [1.29, 1.82) is 0 Å². The van der Waals surface area contributed by atoms with Crippen LogP contribution >= 0.6 is 0 Å². The second-order valence-electron chi connectivity index (χ2n) is 1.95. The Bertz CT molecular complexity index is 226. The fourth-order valence-corrected chi connectivity index (χ4v) is 0.312. The van der Waals surface area contributed by atoms with Gasteiger partial charge in [-0.3, -0.25) is 0 Å². The zero-order valence-electron chi connectivity index (χ0n) is 6.10. The van der Waals surface area contributed by atoms with Crippen molar-refractivity contribution in [2.45, 2.75) is 18.0 Å². The van der Waals surface area contributed by atoms with E-state index < -0.39 is 24.0 Å². The Balaban J connectivity index is -0.000000720. The van der Waals surface area contributed by atoms with E-state index in [1.54, 1.807) is 0 Å². The average Bonchev–Trinajstić information content (AvgIpc) is 1.84. The van der Waals surface area contributed by atoms with Gasteiger partial charge in [0.15, 0.2) is 0 Å². The largest absolute Gasteiger partial charge is 0.477 e. The number of alkyl halides is 7. The minimum atomic E-state index is -6.60. The summed E-state index contributed by atoms with van der Waals surface area (Å²) in [6.45, 7) is 0. The van der Waals surface area contributed by atoms with E-state index in [-0.39, 0.29) is 44.8 Å². The Labute approximate surface area is 109 Å². The molecule has 0 amide bonds. The molecule has 0 saturated heterocycles. The van der Waals surface area contributed by atoms with Crippen LogP contribution in [0.25, 0.3) is 0 Å². The Morgan fingerprint density at radius 1 is 0.867 bits per heavy atom. The first-order valence-electron chi connectivity index (χ1n) is 2.50. The molecule has 0 spiro atoms. The summed E-state index contributed by atoms with van der Waals surface area (Å²) in [6, 6.07) is 0. The fourth-order valence-electron chi connectivity index (χ4n) is 0.312. The molecule has 0 aliphatic carbocycles. The number of halogens is 7. The summed E-state index contributed by atoms with van der Waals surface area (Å²) < 4.78 is 80.5. The predicted molar refractivity (Wildman–Crippen MR) is 23.6 cm³/mol. The number of hydrogen-bond donors (Lipinski definition) is 1. The van der Waals surface area contributed by atoms with E-state index in [0.717, 1.165) is 0 Å². The number of rotatable bonds is 2. The third-order valence-electron chi connectivity index (χ3n) is 1.02. The Morgan fingerprint density at radius 2 is 1.13 bits per heavy atom. The molecule has 0 bridgehead atoms. The van der Waals surface area contributed by atoms with Gasteiger partial charge in [0.2, 0.25) is 0 Å². The van der Waals surface area contributed by atoms with Crippen LogP contribution in [0.4, 0.5) is 30.7 Å². The number of carboxylic acids is 1. The summed E-state index contributed by atoms with van der Waals surface area (Å²) >= 11 is 0. The van der Waals surface area contributed by atoms with Crippen LogP contribution in [0.5, 0.6) is 0 Å². The molecule has 0 aliphatic heterocycles. The van der Waals surface area contributed by atoms with E-state index in [4.69, 9.17) is 5.11 Å². The molecule has 11 heteroatoms. The standard InChI is InChI=1S/C4HF7O2.2Ag/c5-2(6,1(12)13)3(7,8)4(9,10)11;;/h(H,12,13);;. The average molecular weight is 430 g/mol. The Hall–Kier alpha value is 0.461. The number of carbonyl (C=O) groups is 1. The van der Waals surface area contributed by atoms with Crippen LogP contribution in [0.1, 0.15) is 0 Å². The third kappa shape index (κ3) is 3.75. The van der Waals surface area contributed by atoms with E-state index in [1.165, 1.54) is 0 Å². The molecule has 0 saturated carbocycles. The maximum absolute atomic E-state index is 11.8. The Morgan fingerprint density at radius 3 is 1.20 bits per heavy atom. The van der Waals surface area contributed by atoms with Gasteiger partial charge in [-0.25, -0.2) is 4.79 Å². The third-order valence-corrected chi connectivity index (χ3v) is 1.02. The van der Waals surface area contributed by atoms with Crippen LogP contribution in [0.15, 0.2) is 0 Å². The minimum absolute atomic E-state index is 0. The molecule has 0 atom stereocenters. The van der Waals surface area contributed by atoms with E-state index in [0.29, 0.717) is 0 Å². The molecule has 0 rings (SSSR count). The molecule has 0 aliphatic rings. The zero-order chi connectivity index (χ0) is 11.1. The molecule has 2 nitrogen and oxygen atoms in total. The van der Waals surface area contributed by atoms with Crippen molar-refractivity contribution in [3.63, 3.8) is 0 Å². The van der Waals surface area contributed by atoms with Gasteiger partial charge in [-0.2, -0.15) is 30.7 Å². The molecular formula is C4HAg2F7O2. The van der Waals surface area contributed by atoms with Crippen molar-refractivity contribution in [2.24, 2.45) is 0 Å². The van der Waals surface area contributed by atoms with Gasteiger partial charge in [-0.1, -0.05) is 0 Å². The van der Waals surface area contributed by atoms with Gasteiger partial charge in [0.1, 0.15) is 0 Å². The first-order valence-corrected chi connectivity index (χ1v) is 2.50.